The summed E-state index contributed by atoms with van der Waals surface area (Å²) in [5, 5.41) is 1.48. The van der Waals surface area contributed by atoms with E-state index in [1.165, 1.54) is 22.2 Å². The second kappa shape index (κ2) is 6.87. The highest BCUT2D eigenvalue weighted by Crippen LogP contribution is 2.43. The zero-order valence-corrected chi connectivity index (χ0v) is 15.0. The quantitative estimate of drug-likeness (QED) is 0.404. The highest BCUT2D eigenvalue weighted by Gasteiger charge is 2.36. The van der Waals surface area contributed by atoms with E-state index < -0.39 is 16.9 Å². The van der Waals surface area contributed by atoms with Crippen LogP contribution in [0, 0.1) is 5.82 Å². The Kier molecular flexibility index (Phi) is 4.50. The molecule has 1 aromatic carbocycles. The normalized spacial score (nSPS) is 11.9. The van der Waals surface area contributed by atoms with Crippen molar-refractivity contribution in [3.63, 3.8) is 0 Å². The number of carbonyl (C=O) groups is 1. The summed E-state index contributed by atoms with van der Waals surface area (Å²) in [5.74, 6) is -1.06. The third-order valence-electron chi connectivity index (χ3n) is 4.29. The van der Waals surface area contributed by atoms with Gasteiger partial charge in [0.05, 0.1) is 12.6 Å². The monoisotopic (exact) mass is 404 g/mol. The first-order valence-electron chi connectivity index (χ1n) is 8.23. The van der Waals surface area contributed by atoms with Crippen molar-refractivity contribution in [3.05, 3.63) is 76.5 Å². The zero-order chi connectivity index (χ0) is 19.9. The maximum absolute atomic E-state index is 13.8. The molecule has 4 rings (SSSR count). The number of fused-ring (bicyclic) bond motifs is 1. The van der Waals surface area contributed by atoms with Crippen LogP contribution in [0.3, 0.4) is 0 Å². The Morgan fingerprint density at radius 3 is 2.57 bits per heavy atom. The van der Waals surface area contributed by atoms with Crippen molar-refractivity contribution >= 4 is 28.3 Å². The minimum absolute atomic E-state index is 0.0406. The van der Waals surface area contributed by atoms with Crippen molar-refractivity contribution in [1.82, 2.24) is 9.55 Å². The molecule has 0 amide bonds. The van der Waals surface area contributed by atoms with Crippen LogP contribution in [0.2, 0.25) is 0 Å². The molecule has 142 valence electrons. The van der Waals surface area contributed by atoms with Crippen LogP contribution in [0.5, 0.6) is 0 Å². The average Bonchev–Trinajstić information content (AvgIpc) is 3.26. The summed E-state index contributed by atoms with van der Waals surface area (Å²) < 4.78 is 55.0. The Hall–Kier alpha value is -3.00. The van der Waals surface area contributed by atoms with Gasteiger partial charge in [-0.3, -0.25) is 9.36 Å². The fourth-order valence-electron chi connectivity index (χ4n) is 3.08. The molecule has 0 aliphatic rings. The number of nitrogens with zero attached hydrogens (tertiary/aromatic N) is 2. The Bertz CT molecular complexity index is 1160. The predicted molar refractivity (Wildman–Crippen MR) is 98.8 cm³/mol. The molecule has 3 aromatic heterocycles. The van der Waals surface area contributed by atoms with E-state index in [0.29, 0.717) is 11.3 Å². The van der Waals surface area contributed by atoms with Crippen molar-refractivity contribution in [2.75, 3.05) is 0 Å². The SMILES string of the molecule is O=C(Cc1ccccc1)n1cc(-c2ccsc2C(F)(F)F)c2cc(F)cnc21. The lowest BCUT2D eigenvalue weighted by atomic mass is 10.1. The van der Waals surface area contributed by atoms with Gasteiger partial charge >= 0.3 is 6.18 Å². The molecule has 3 heterocycles. The molecule has 0 saturated heterocycles. The van der Waals surface area contributed by atoms with Crippen molar-refractivity contribution in [2.24, 2.45) is 0 Å². The van der Waals surface area contributed by atoms with Crippen LogP contribution in [-0.4, -0.2) is 15.5 Å². The van der Waals surface area contributed by atoms with Gasteiger partial charge < -0.3 is 0 Å². The number of thiophene rings is 1. The summed E-state index contributed by atoms with van der Waals surface area (Å²) in [7, 11) is 0. The highest BCUT2D eigenvalue weighted by molar-refractivity contribution is 7.10. The molecule has 0 fully saturated rings. The van der Waals surface area contributed by atoms with Gasteiger partial charge in [-0.1, -0.05) is 30.3 Å². The Labute approximate surface area is 160 Å². The number of hydrogen-bond acceptors (Lipinski definition) is 3. The van der Waals surface area contributed by atoms with Crippen LogP contribution < -0.4 is 0 Å². The van der Waals surface area contributed by atoms with Crippen LogP contribution >= 0.6 is 11.3 Å². The smallest absolute Gasteiger partial charge is 0.274 e. The molecule has 0 aliphatic carbocycles. The molecule has 4 aromatic rings. The summed E-state index contributed by atoms with van der Waals surface area (Å²) >= 11 is 0.551. The van der Waals surface area contributed by atoms with Crippen molar-refractivity contribution in [2.45, 2.75) is 12.6 Å². The fraction of sp³-hybridized carbons (Fsp3) is 0.100. The van der Waals surface area contributed by atoms with E-state index in [0.717, 1.165) is 17.8 Å². The van der Waals surface area contributed by atoms with E-state index in [-0.39, 0.29) is 34.5 Å². The summed E-state index contributed by atoms with van der Waals surface area (Å²) in [5.41, 5.74) is 0.902. The first kappa shape index (κ1) is 18.4. The van der Waals surface area contributed by atoms with Gasteiger partial charge in [0.1, 0.15) is 16.3 Å². The number of benzene rings is 1. The van der Waals surface area contributed by atoms with E-state index in [1.54, 1.807) is 24.3 Å². The Morgan fingerprint density at radius 1 is 1.11 bits per heavy atom. The number of alkyl halides is 3. The molecule has 3 nitrogen and oxygen atoms in total. The lowest BCUT2D eigenvalue weighted by Crippen LogP contribution is -2.13. The molecule has 0 aliphatic heterocycles. The zero-order valence-electron chi connectivity index (χ0n) is 14.2. The van der Waals surface area contributed by atoms with Gasteiger partial charge in [0.2, 0.25) is 5.91 Å². The number of rotatable bonds is 3. The third-order valence-corrected chi connectivity index (χ3v) is 5.25. The minimum atomic E-state index is -4.55. The highest BCUT2D eigenvalue weighted by atomic mass is 32.1. The lowest BCUT2D eigenvalue weighted by molar-refractivity contribution is -0.133. The molecular weight excluding hydrogens is 392 g/mol. The summed E-state index contributed by atoms with van der Waals surface area (Å²) in [4.78, 5) is 15.9. The predicted octanol–water partition coefficient (Wildman–Crippen LogP) is 5.81. The fourth-order valence-corrected chi connectivity index (χ4v) is 3.86. The largest absolute Gasteiger partial charge is 0.426 e. The van der Waals surface area contributed by atoms with Gasteiger partial charge in [0, 0.05) is 22.7 Å². The van der Waals surface area contributed by atoms with Crippen molar-refractivity contribution in [1.29, 1.82) is 0 Å². The molecule has 0 atom stereocenters. The van der Waals surface area contributed by atoms with Gasteiger partial charge in [0.25, 0.3) is 0 Å². The molecule has 8 heteroatoms. The number of aromatic nitrogens is 2. The minimum Gasteiger partial charge on any atom is -0.274 e. The molecule has 0 unspecified atom stereocenters. The number of pyridine rings is 1. The molecule has 0 spiro atoms. The molecule has 0 bridgehead atoms. The van der Waals surface area contributed by atoms with E-state index in [4.69, 9.17) is 0 Å². The van der Waals surface area contributed by atoms with Crippen LogP contribution in [0.25, 0.3) is 22.2 Å². The molecule has 0 radical (unpaired) electrons. The van der Waals surface area contributed by atoms with Gasteiger partial charge in [0.15, 0.2) is 0 Å². The number of halogens is 4. The standard InChI is InChI=1S/C20H12F4N2OS/c21-13-9-15-16(14-6-7-28-18(14)20(22,23)24)11-26(19(15)25-10-13)17(27)8-12-4-2-1-3-5-12/h1-7,9-11H,8H2. The Balaban J connectivity index is 1.86. The maximum Gasteiger partial charge on any atom is 0.426 e. The number of hydrogen-bond donors (Lipinski definition) is 0. The Morgan fingerprint density at radius 2 is 1.86 bits per heavy atom. The second-order valence-corrected chi connectivity index (χ2v) is 7.07. The summed E-state index contributed by atoms with van der Waals surface area (Å²) in [6, 6.07) is 11.4. The molecule has 28 heavy (non-hydrogen) atoms. The second-order valence-electron chi connectivity index (χ2n) is 6.15. The van der Waals surface area contributed by atoms with E-state index in [9.17, 15) is 22.4 Å². The van der Waals surface area contributed by atoms with Gasteiger partial charge in [-0.05, 0) is 23.1 Å². The first-order valence-corrected chi connectivity index (χ1v) is 9.11. The first-order chi connectivity index (χ1) is 13.3. The summed E-state index contributed by atoms with van der Waals surface area (Å²) in [6.45, 7) is 0. The van der Waals surface area contributed by atoms with E-state index in [1.807, 2.05) is 6.07 Å². The van der Waals surface area contributed by atoms with Crippen LogP contribution in [0.1, 0.15) is 15.2 Å². The average molecular weight is 404 g/mol. The van der Waals surface area contributed by atoms with Crippen molar-refractivity contribution in [3.8, 4) is 11.1 Å². The van der Waals surface area contributed by atoms with Crippen LogP contribution in [0.4, 0.5) is 17.6 Å². The van der Waals surface area contributed by atoms with Crippen molar-refractivity contribution < 1.29 is 22.4 Å². The summed E-state index contributed by atoms with van der Waals surface area (Å²) in [6.07, 6.45) is -2.26. The maximum atomic E-state index is 13.8. The third kappa shape index (κ3) is 3.31. The van der Waals surface area contributed by atoms with E-state index in [2.05, 4.69) is 4.98 Å². The van der Waals surface area contributed by atoms with Gasteiger partial charge in [-0.15, -0.1) is 11.3 Å². The number of carbonyl (C=O) groups excluding carboxylic acids is 1. The van der Waals surface area contributed by atoms with E-state index >= 15 is 0 Å². The lowest BCUT2D eigenvalue weighted by Gasteiger charge is -2.06. The van der Waals surface area contributed by atoms with Gasteiger partial charge in [-0.2, -0.15) is 13.2 Å². The topological polar surface area (TPSA) is 34.9 Å². The van der Waals surface area contributed by atoms with Crippen LogP contribution in [-0.2, 0) is 12.6 Å². The molecule has 0 N–H and O–H groups in total. The van der Waals surface area contributed by atoms with Gasteiger partial charge in [-0.25, -0.2) is 9.37 Å². The molecular formula is C20H12F4N2OS. The van der Waals surface area contributed by atoms with Crippen LogP contribution in [0.15, 0.2) is 60.2 Å². The molecule has 0 saturated carbocycles.